The summed E-state index contributed by atoms with van der Waals surface area (Å²) in [4.78, 5) is 15.8. The monoisotopic (exact) mass is 420 g/mol. The first kappa shape index (κ1) is 20.1. The van der Waals surface area contributed by atoms with Crippen molar-refractivity contribution in [2.75, 3.05) is 45.8 Å². The van der Waals surface area contributed by atoms with Gasteiger partial charge in [-0.3, -0.25) is 4.79 Å². The molecule has 1 N–H and O–H groups in total. The molecule has 0 bridgehead atoms. The van der Waals surface area contributed by atoms with Gasteiger partial charge in [-0.25, -0.2) is 8.42 Å². The number of sulfonamides is 1. The van der Waals surface area contributed by atoms with Crippen molar-refractivity contribution < 1.29 is 18.1 Å². The quantitative estimate of drug-likeness (QED) is 0.783. The van der Waals surface area contributed by atoms with Crippen molar-refractivity contribution in [3.8, 4) is 0 Å². The van der Waals surface area contributed by atoms with Crippen molar-refractivity contribution >= 4 is 38.9 Å². The van der Waals surface area contributed by atoms with Crippen molar-refractivity contribution in [2.24, 2.45) is 11.8 Å². The smallest absolute Gasteiger partial charge is 0.277 e. The van der Waals surface area contributed by atoms with Gasteiger partial charge in [-0.15, -0.1) is 11.3 Å². The Labute approximate surface area is 164 Å². The summed E-state index contributed by atoms with van der Waals surface area (Å²) in [5.41, 5.74) is 0. The molecule has 1 aromatic heterocycles. The maximum Gasteiger partial charge on any atom is 0.277 e. The fraction of sp³-hybridized carbons (Fsp3) is 0.706. The minimum absolute atomic E-state index is 0.137. The standard InChI is InChI=1S/C17H26ClN3O3S2/c1-13-9-14(2)11-19(10-13)12-16(22)20-5-7-21(8-6-20)26(23,24)17-4-3-15(18)25-17/h3-4,13-14H,5-12H2,1-2H3/p+1/t13-,14-/m1/s1. The predicted molar refractivity (Wildman–Crippen MR) is 103 cm³/mol. The lowest BCUT2D eigenvalue weighted by Crippen LogP contribution is -3.15. The molecule has 2 aliphatic rings. The van der Waals surface area contributed by atoms with Crippen LogP contribution in [-0.4, -0.2) is 69.3 Å². The van der Waals surface area contributed by atoms with Gasteiger partial charge in [0.15, 0.2) is 6.54 Å². The van der Waals surface area contributed by atoms with Crippen LogP contribution in [0.15, 0.2) is 16.3 Å². The number of likely N-dealkylation sites (tertiary alicyclic amines) is 1. The second kappa shape index (κ2) is 8.14. The van der Waals surface area contributed by atoms with Gasteiger partial charge in [0, 0.05) is 38.0 Å². The molecule has 2 fully saturated rings. The second-order valence-corrected chi connectivity index (χ2v) is 11.5. The van der Waals surface area contributed by atoms with Crippen molar-refractivity contribution in [3.05, 3.63) is 16.5 Å². The molecular formula is C17H27ClN3O3S2+. The van der Waals surface area contributed by atoms with E-state index in [9.17, 15) is 13.2 Å². The van der Waals surface area contributed by atoms with Crippen LogP contribution in [0, 0.1) is 11.8 Å². The summed E-state index contributed by atoms with van der Waals surface area (Å²) >= 11 is 6.93. The number of piperidine rings is 1. The number of rotatable bonds is 4. The van der Waals surface area contributed by atoms with Gasteiger partial charge >= 0.3 is 0 Å². The maximum atomic E-state index is 12.6. The SMILES string of the molecule is C[C@@H]1C[C@@H](C)C[NH+](CC(=O)N2CCN(S(=O)(=O)c3ccc(Cl)s3)CC2)C1. The molecule has 0 unspecified atom stereocenters. The summed E-state index contributed by atoms with van der Waals surface area (Å²) < 4.78 is 27.5. The molecule has 6 nitrogen and oxygen atoms in total. The number of halogens is 1. The number of nitrogens with zero attached hydrogens (tertiary/aromatic N) is 2. The van der Waals surface area contributed by atoms with E-state index >= 15 is 0 Å². The molecule has 26 heavy (non-hydrogen) atoms. The van der Waals surface area contributed by atoms with E-state index in [0.717, 1.165) is 24.4 Å². The zero-order valence-electron chi connectivity index (χ0n) is 15.3. The fourth-order valence-corrected chi connectivity index (χ4v) is 7.19. The predicted octanol–water partition coefficient (Wildman–Crippen LogP) is 0.795. The molecule has 0 radical (unpaired) electrons. The average molecular weight is 421 g/mol. The minimum Gasteiger partial charge on any atom is -0.335 e. The van der Waals surface area contributed by atoms with Crippen LogP contribution < -0.4 is 4.90 Å². The number of nitrogens with one attached hydrogen (secondary N) is 1. The lowest BCUT2D eigenvalue weighted by atomic mass is 9.92. The van der Waals surface area contributed by atoms with Gasteiger partial charge in [0.2, 0.25) is 0 Å². The Hall–Kier alpha value is -0.670. The number of carbonyl (C=O) groups is 1. The van der Waals surface area contributed by atoms with E-state index in [1.165, 1.54) is 15.6 Å². The number of hydrogen-bond donors (Lipinski definition) is 1. The van der Waals surface area contributed by atoms with Gasteiger partial charge in [0.1, 0.15) is 4.21 Å². The van der Waals surface area contributed by atoms with E-state index in [-0.39, 0.29) is 10.1 Å². The van der Waals surface area contributed by atoms with Gasteiger partial charge in [0.05, 0.1) is 17.4 Å². The number of quaternary nitrogens is 1. The normalized spacial score (nSPS) is 28.3. The minimum atomic E-state index is -3.51. The molecule has 0 spiro atoms. The third kappa shape index (κ3) is 4.59. The van der Waals surface area contributed by atoms with Crippen molar-refractivity contribution in [1.29, 1.82) is 0 Å². The van der Waals surface area contributed by atoms with E-state index in [1.807, 2.05) is 4.90 Å². The Bertz CT molecular complexity index is 734. The molecule has 0 aromatic carbocycles. The highest BCUT2D eigenvalue weighted by Gasteiger charge is 2.33. The Morgan fingerprint density at radius 3 is 2.35 bits per heavy atom. The van der Waals surface area contributed by atoms with E-state index < -0.39 is 10.0 Å². The van der Waals surface area contributed by atoms with E-state index in [0.29, 0.717) is 48.9 Å². The molecule has 1 aromatic rings. The largest absolute Gasteiger partial charge is 0.335 e. The van der Waals surface area contributed by atoms with Gasteiger partial charge < -0.3 is 9.80 Å². The zero-order valence-corrected chi connectivity index (χ0v) is 17.7. The second-order valence-electron chi connectivity index (χ2n) is 7.62. The Kier molecular flexibility index (Phi) is 6.29. The Morgan fingerprint density at radius 1 is 1.19 bits per heavy atom. The highest BCUT2D eigenvalue weighted by atomic mass is 35.5. The van der Waals surface area contributed by atoms with Crippen LogP contribution in [0.5, 0.6) is 0 Å². The van der Waals surface area contributed by atoms with Crippen LogP contribution in [-0.2, 0) is 14.8 Å². The maximum absolute atomic E-state index is 12.6. The number of amides is 1. The van der Waals surface area contributed by atoms with Crippen molar-refractivity contribution in [2.45, 2.75) is 24.5 Å². The average Bonchev–Trinajstić information content (AvgIpc) is 3.01. The Balaban J connectivity index is 1.54. The van der Waals surface area contributed by atoms with E-state index in [1.54, 1.807) is 12.1 Å². The highest BCUT2D eigenvalue weighted by molar-refractivity contribution is 7.91. The van der Waals surface area contributed by atoms with Crippen LogP contribution in [0.2, 0.25) is 4.34 Å². The van der Waals surface area contributed by atoms with Gasteiger partial charge in [-0.05, 0) is 18.6 Å². The van der Waals surface area contributed by atoms with Crippen LogP contribution >= 0.6 is 22.9 Å². The fourth-order valence-electron chi connectivity index (χ4n) is 4.13. The van der Waals surface area contributed by atoms with Crippen LogP contribution in [0.25, 0.3) is 0 Å². The lowest BCUT2D eigenvalue weighted by Gasteiger charge is -2.36. The molecule has 9 heteroatoms. The van der Waals surface area contributed by atoms with E-state index in [2.05, 4.69) is 13.8 Å². The van der Waals surface area contributed by atoms with Crippen LogP contribution in [0.3, 0.4) is 0 Å². The molecule has 2 aliphatic heterocycles. The molecule has 0 saturated carbocycles. The Morgan fingerprint density at radius 2 is 1.81 bits per heavy atom. The summed E-state index contributed by atoms with van der Waals surface area (Å²) in [5, 5.41) is 0. The first-order valence-corrected chi connectivity index (χ1v) is 11.8. The third-order valence-corrected chi connectivity index (χ3v) is 8.81. The number of hydrogen-bond acceptors (Lipinski definition) is 4. The summed E-state index contributed by atoms with van der Waals surface area (Å²) in [7, 11) is -3.51. The number of piperazine rings is 1. The van der Waals surface area contributed by atoms with Gasteiger partial charge in [-0.1, -0.05) is 25.4 Å². The van der Waals surface area contributed by atoms with Crippen LogP contribution in [0.1, 0.15) is 20.3 Å². The molecular weight excluding hydrogens is 394 g/mol. The molecule has 1 amide bonds. The zero-order chi connectivity index (χ0) is 18.9. The third-order valence-electron chi connectivity index (χ3n) is 5.21. The molecule has 3 rings (SSSR count). The number of carbonyl (C=O) groups excluding carboxylic acids is 1. The highest BCUT2D eigenvalue weighted by Crippen LogP contribution is 2.28. The molecule has 146 valence electrons. The van der Waals surface area contributed by atoms with E-state index in [4.69, 9.17) is 11.6 Å². The van der Waals surface area contributed by atoms with Crippen LogP contribution in [0.4, 0.5) is 0 Å². The topological polar surface area (TPSA) is 62.1 Å². The lowest BCUT2D eigenvalue weighted by molar-refractivity contribution is -0.904. The van der Waals surface area contributed by atoms with Crippen molar-refractivity contribution in [3.63, 3.8) is 0 Å². The molecule has 3 heterocycles. The first-order valence-electron chi connectivity index (χ1n) is 9.12. The summed E-state index contributed by atoms with van der Waals surface area (Å²) in [6, 6.07) is 3.14. The summed E-state index contributed by atoms with van der Waals surface area (Å²) in [6.07, 6.45) is 1.24. The molecule has 2 saturated heterocycles. The number of thiophene rings is 1. The first-order chi connectivity index (χ1) is 12.3. The summed E-state index contributed by atoms with van der Waals surface area (Å²) in [5.74, 6) is 1.44. The molecule has 0 aliphatic carbocycles. The summed E-state index contributed by atoms with van der Waals surface area (Å²) in [6.45, 7) is 8.69. The van der Waals surface area contributed by atoms with Gasteiger partial charge in [0.25, 0.3) is 15.9 Å². The molecule has 2 atom stereocenters. The van der Waals surface area contributed by atoms with Crippen molar-refractivity contribution in [1.82, 2.24) is 9.21 Å². The van der Waals surface area contributed by atoms with Gasteiger partial charge in [-0.2, -0.15) is 4.31 Å².